The maximum Gasteiger partial charge on any atom is 0.243 e. The minimum Gasteiger partial charge on any atom is -0.352 e. The van der Waals surface area contributed by atoms with E-state index in [4.69, 9.17) is 0 Å². The number of hydrogen-bond donors (Lipinski definition) is 1. The highest BCUT2D eigenvalue weighted by Crippen LogP contribution is 2.24. The van der Waals surface area contributed by atoms with E-state index in [-0.39, 0.29) is 23.3 Å². The van der Waals surface area contributed by atoms with Crippen molar-refractivity contribution >= 4 is 15.9 Å². The van der Waals surface area contributed by atoms with Crippen molar-refractivity contribution in [2.24, 2.45) is 5.92 Å². The van der Waals surface area contributed by atoms with E-state index in [1.165, 1.54) is 27.4 Å². The first-order valence-corrected chi connectivity index (χ1v) is 11.1. The van der Waals surface area contributed by atoms with Crippen molar-refractivity contribution in [3.8, 4) is 5.69 Å². The third-order valence-electron chi connectivity index (χ3n) is 5.15. The summed E-state index contributed by atoms with van der Waals surface area (Å²) in [5.41, 5.74) is 1.67. The third kappa shape index (κ3) is 4.39. The summed E-state index contributed by atoms with van der Waals surface area (Å²) in [6.07, 6.45) is 2.75. The number of carbonyl (C=O) groups is 1. The molecular weight excluding hydrogens is 404 g/mol. The highest BCUT2D eigenvalue weighted by atomic mass is 32.2. The predicted octanol–water partition coefficient (Wildman–Crippen LogP) is 1.38. The van der Waals surface area contributed by atoms with Crippen LogP contribution >= 0.6 is 0 Å². The summed E-state index contributed by atoms with van der Waals surface area (Å²) in [5, 5.41) is 13.9. The lowest BCUT2D eigenvalue weighted by molar-refractivity contribution is -0.126. The van der Waals surface area contributed by atoms with Gasteiger partial charge in [0.25, 0.3) is 0 Å². The molecule has 0 radical (unpaired) electrons. The van der Waals surface area contributed by atoms with Crippen molar-refractivity contribution in [3.05, 3.63) is 66.5 Å². The van der Waals surface area contributed by atoms with Crippen LogP contribution in [-0.4, -0.2) is 51.9 Å². The largest absolute Gasteiger partial charge is 0.352 e. The summed E-state index contributed by atoms with van der Waals surface area (Å²) in [4.78, 5) is 12.8. The molecule has 1 aromatic heterocycles. The molecule has 1 fully saturated rings. The Morgan fingerprint density at radius 1 is 1.10 bits per heavy atom. The van der Waals surface area contributed by atoms with E-state index in [0.29, 0.717) is 31.6 Å². The van der Waals surface area contributed by atoms with Crippen LogP contribution in [0, 0.1) is 5.92 Å². The molecule has 1 saturated heterocycles. The van der Waals surface area contributed by atoms with Gasteiger partial charge in [-0.3, -0.25) is 4.79 Å². The number of nitrogens with one attached hydrogen (secondary N) is 1. The molecule has 2 heterocycles. The number of sulfonamides is 1. The van der Waals surface area contributed by atoms with Crippen LogP contribution in [0.1, 0.15) is 18.4 Å². The van der Waals surface area contributed by atoms with E-state index in [9.17, 15) is 13.2 Å². The van der Waals surface area contributed by atoms with E-state index < -0.39 is 10.0 Å². The lowest BCUT2D eigenvalue weighted by Gasteiger charge is -2.31. The van der Waals surface area contributed by atoms with Crippen LogP contribution in [0.4, 0.5) is 0 Å². The highest BCUT2D eigenvalue weighted by Gasteiger charge is 2.33. The Kier molecular flexibility index (Phi) is 5.86. The van der Waals surface area contributed by atoms with Crippen LogP contribution in [-0.2, 0) is 21.4 Å². The van der Waals surface area contributed by atoms with Gasteiger partial charge in [-0.15, -0.1) is 5.10 Å². The van der Waals surface area contributed by atoms with Gasteiger partial charge in [0.2, 0.25) is 15.9 Å². The fraction of sp³-hybridized carbons (Fsp3) is 0.300. The van der Waals surface area contributed by atoms with Gasteiger partial charge < -0.3 is 5.32 Å². The number of hydrogen-bond acceptors (Lipinski definition) is 6. The molecule has 1 aliphatic heterocycles. The van der Waals surface area contributed by atoms with Crippen LogP contribution in [0.15, 0.2) is 65.8 Å². The van der Waals surface area contributed by atoms with E-state index in [0.717, 1.165) is 5.56 Å². The number of amides is 1. The van der Waals surface area contributed by atoms with Gasteiger partial charge in [-0.1, -0.05) is 30.3 Å². The first kappa shape index (κ1) is 20.2. The molecule has 1 aliphatic rings. The van der Waals surface area contributed by atoms with Crippen LogP contribution < -0.4 is 5.32 Å². The number of tetrazole rings is 1. The molecule has 9 nitrogen and oxygen atoms in total. The molecular formula is C20H22N6O3S. The minimum absolute atomic E-state index is 0.118. The van der Waals surface area contributed by atoms with E-state index in [1.54, 1.807) is 12.1 Å². The molecule has 0 aliphatic carbocycles. The van der Waals surface area contributed by atoms with Crippen LogP contribution in [0.3, 0.4) is 0 Å². The summed E-state index contributed by atoms with van der Waals surface area (Å²) < 4.78 is 29.0. The number of benzene rings is 2. The molecule has 2 aromatic carbocycles. The molecule has 156 valence electrons. The summed E-state index contributed by atoms with van der Waals surface area (Å²) in [7, 11) is -3.69. The Morgan fingerprint density at radius 2 is 1.87 bits per heavy atom. The maximum atomic E-state index is 13.1. The van der Waals surface area contributed by atoms with E-state index in [1.807, 2.05) is 30.3 Å². The molecule has 4 rings (SSSR count). The minimum atomic E-state index is -3.69. The Hall–Kier alpha value is -3.11. The van der Waals surface area contributed by atoms with Gasteiger partial charge in [0.15, 0.2) is 0 Å². The average molecular weight is 427 g/mol. The van der Waals surface area contributed by atoms with Gasteiger partial charge in [-0.2, -0.15) is 4.31 Å². The first-order valence-electron chi connectivity index (χ1n) is 9.69. The number of aromatic nitrogens is 4. The Morgan fingerprint density at radius 3 is 2.57 bits per heavy atom. The number of nitrogens with zero attached hydrogens (tertiary/aromatic N) is 5. The van der Waals surface area contributed by atoms with Gasteiger partial charge in [-0.25, -0.2) is 13.1 Å². The second-order valence-corrected chi connectivity index (χ2v) is 9.09. The summed E-state index contributed by atoms with van der Waals surface area (Å²) in [5.74, 6) is -0.481. The second-order valence-electron chi connectivity index (χ2n) is 7.15. The molecule has 0 unspecified atom stereocenters. The SMILES string of the molecule is O=C(NCc1ccccc1)[C@@H]1CCCN(S(=O)(=O)c2ccc(-n3cnnn3)cc2)C1. The summed E-state index contributed by atoms with van der Waals surface area (Å²) in [6.45, 7) is 1.01. The Bertz CT molecular complexity index is 1090. The monoisotopic (exact) mass is 426 g/mol. The highest BCUT2D eigenvalue weighted by molar-refractivity contribution is 7.89. The molecule has 0 saturated carbocycles. The maximum absolute atomic E-state index is 13.1. The molecule has 0 bridgehead atoms. The number of carbonyl (C=O) groups excluding carboxylic acids is 1. The molecule has 1 N–H and O–H groups in total. The smallest absolute Gasteiger partial charge is 0.243 e. The fourth-order valence-electron chi connectivity index (χ4n) is 3.50. The topological polar surface area (TPSA) is 110 Å². The zero-order chi connectivity index (χ0) is 21.0. The van der Waals surface area contributed by atoms with Gasteiger partial charge in [-0.05, 0) is 53.1 Å². The Labute approximate surface area is 174 Å². The van der Waals surface area contributed by atoms with Crippen molar-refractivity contribution in [1.29, 1.82) is 0 Å². The lowest BCUT2D eigenvalue weighted by atomic mass is 9.99. The Balaban J connectivity index is 1.42. The van der Waals surface area contributed by atoms with Crippen LogP contribution in [0.25, 0.3) is 5.69 Å². The lowest BCUT2D eigenvalue weighted by Crippen LogP contribution is -2.45. The van der Waals surface area contributed by atoms with Gasteiger partial charge in [0.1, 0.15) is 6.33 Å². The zero-order valence-corrected chi connectivity index (χ0v) is 17.1. The fourth-order valence-corrected chi connectivity index (χ4v) is 5.03. The standard InChI is InChI=1S/C20H22N6O3S/c27-20(21-13-16-5-2-1-3-6-16)17-7-4-12-25(14-17)30(28,29)19-10-8-18(9-11-19)26-15-22-23-24-26/h1-3,5-6,8-11,15,17H,4,7,12-14H2,(H,21,27)/t17-/m1/s1. The van der Waals surface area contributed by atoms with E-state index >= 15 is 0 Å². The third-order valence-corrected chi connectivity index (χ3v) is 7.03. The summed E-state index contributed by atoms with van der Waals surface area (Å²) >= 11 is 0. The van der Waals surface area contributed by atoms with Crippen molar-refractivity contribution in [2.75, 3.05) is 13.1 Å². The zero-order valence-electron chi connectivity index (χ0n) is 16.3. The van der Waals surface area contributed by atoms with Crippen molar-refractivity contribution in [1.82, 2.24) is 29.8 Å². The van der Waals surface area contributed by atoms with Gasteiger partial charge >= 0.3 is 0 Å². The molecule has 30 heavy (non-hydrogen) atoms. The van der Waals surface area contributed by atoms with E-state index in [2.05, 4.69) is 20.8 Å². The van der Waals surface area contributed by atoms with Gasteiger partial charge in [0, 0.05) is 19.6 Å². The van der Waals surface area contributed by atoms with Crippen molar-refractivity contribution in [2.45, 2.75) is 24.3 Å². The summed E-state index contributed by atoms with van der Waals surface area (Å²) in [6, 6.07) is 16.0. The molecule has 1 amide bonds. The van der Waals surface area contributed by atoms with Crippen molar-refractivity contribution < 1.29 is 13.2 Å². The number of rotatable bonds is 6. The number of piperidine rings is 1. The average Bonchev–Trinajstić information content (AvgIpc) is 3.33. The molecule has 3 aromatic rings. The first-order chi connectivity index (χ1) is 14.5. The van der Waals surface area contributed by atoms with Crippen molar-refractivity contribution in [3.63, 3.8) is 0 Å². The molecule has 10 heteroatoms. The normalized spacial score (nSPS) is 17.5. The van der Waals surface area contributed by atoms with Crippen LogP contribution in [0.2, 0.25) is 0 Å². The second kappa shape index (κ2) is 8.72. The molecule has 0 spiro atoms. The quantitative estimate of drug-likeness (QED) is 0.638. The van der Waals surface area contributed by atoms with Crippen LogP contribution in [0.5, 0.6) is 0 Å². The predicted molar refractivity (Wildman–Crippen MR) is 109 cm³/mol. The van der Waals surface area contributed by atoms with Gasteiger partial charge in [0.05, 0.1) is 16.5 Å². The molecule has 1 atom stereocenters.